The molecule has 62 valence electrons. The third-order valence-electron chi connectivity index (χ3n) is 2.14. The zero-order valence-corrected chi connectivity index (χ0v) is 7.64. The predicted molar refractivity (Wildman–Crippen MR) is 50.5 cm³/mol. The topological polar surface area (TPSA) is 0 Å². The summed E-state index contributed by atoms with van der Waals surface area (Å²) in [5.74, 6) is 0.849. The Morgan fingerprint density at radius 2 is 2.27 bits per heavy atom. The fourth-order valence-electron chi connectivity index (χ4n) is 1.33. The molecule has 1 aliphatic rings. The van der Waals surface area contributed by atoms with Crippen LogP contribution in [-0.4, -0.2) is 0 Å². The molecule has 0 aromatic carbocycles. The van der Waals surface area contributed by atoms with E-state index in [4.69, 9.17) is 0 Å². The fraction of sp³-hybridized carbons (Fsp3) is 0.636. The molecule has 0 heteroatoms. The van der Waals surface area contributed by atoms with Crippen molar-refractivity contribution in [2.45, 2.75) is 39.5 Å². The van der Waals surface area contributed by atoms with Crippen molar-refractivity contribution >= 4 is 0 Å². The molecule has 0 aliphatic heterocycles. The van der Waals surface area contributed by atoms with Gasteiger partial charge in [0.15, 0.2) is 0 Å². The summed E-state index contributed by atoms with van der Waals surface area (Å²) in [6.45, 7) is 4.58. The van der Waals surface area contributed by atoms with Crippen LogP contribution in [0.2, 0.25) is 0 Å². The van der Waals surface area contributed by atoms with Crippen molar-refractivity contribution in [3.05, 3.63) is 23.8 Å². The lowest BCUT2D eigenvalue weighted by Gasteiger charge is -2.09. The van der Waals surface area contributed by atoms with Gasteiger partial charge in [-0.25, -0.2) is 0 Å². The molecule has 0 heterocycles. The molecule has 0 radical (unpaired) electrons. The molecule has 1 rings (SSSR count). The summed E-state index contributed by atoms with van der Waals surface area (Å²) < 4.78 is 0. The average molecular weight is 150 g/mol. The van der Waals surface area contributed by atoms with Crippen LogP contribution in [-0.2, 0) is 0 Å². The maximum atomic E-state index is 2.29. The molecule has 11 heavy (non-hydrogen) atoms. The van der Waals surface area contributed by atoms with Gasteiger partial charge < -0.3 is 0 Å². The first-order valence-electron chi connectivity index (χ1n) is 4.63. The van der Waals surface area contributed by atoms with Crippen molar-refractivity contribution in [1.29, 1.82) is 0 Å². The Labute approximate surface area is 70.0 Å². The average Bonchev–Trinajstić information content (AvgIpc) is 2.03. The monoisotopic (exact) mass is 150 g/mol. The minimum atomic E-state index is 0.849. The summed E-state index contributed by atoms with van der Waals surface area (Å²) in [5.41, 5.74) is 1.64. The molecule has 0 amide bonds. The maximum absolute atomic E-state index is 2.29. The first-order chi connectivity index (χ1) is 5.29. The molecular formula is C11H18. The van der Waals surface area contributed by atoms with Crippen molar-refractivity contribution in [2.75, 3.05) is 0 Å². The zero-order valence-electron chi connectivity index (χ0n) is 7.64. The number of allylic oxidation sites excluding steroid dienone is 4. The quantitative estimate of drug-likeness (QED) is 0.575. The van der Waals surface area contributed by atoms with E-state index in [9.17, 15) is 0 Å². The summed E-state index contributed by atoms with van der Waals surface area (Å²) in [4.78, 5) is 0. The van der Waals surface area contributed by atoms with Crippen molar-refractivity contribution < 1.29 is 0 Å². The van der Waals surface area contributed by atoms with E-state index in [-0.39, 0.29) is 0 Å². The lowest BCUT2D eigenvalue weighted by molar-refractivity contribution is 0.576. The Bertz CT molecular complexity index is 161. The van der Waals surface area contributed by atoms with Gasteiger partial charge in [-0.1, -0.05) is 37.6 Å². The van der Waals surface area contributed by atoms with Crippen molar-refractivity contribution in [3.63, 3.8) is 0 Å². The largest absolute Gasteiger partial charge is 0.0842 e. The summed E-state index contributed by atoms with van der Waals surface area (Å²) in [6, 6.07) is 0. The Morgan fingerprint density at radius 1 is 1.45 bits per heavy atom. The van der Waals surface area contributed by atoms with Crippen LogP contribution in [0.15, 0.2) is 23.8 Å². The summed E-state index contributed by atoms with van der Waals surface area (Å²) in [7, 11) is 0. The van der Waals surface area contributed by atoms with E-state index in [1.165, 1.54) is 25.7 Å². The lowest BCUT2D eigenvalue weighted by atomic mass is 9.97. The maximum Gasteiger partial charge on any atom is -0.0282 e. The van der Waals surface area contributed by atoms with Gasteiger partial charge in [0, 0.05) is 0 Å². The molecule has 1 aliphatic carbocycles. The van der Waals surface area contributed by atoms with Gasteiger partial charge in [-0.3, -0.25) is 0 Å². The molecule has 0 aromatic rings. The smallest absolute Gasteiger partial charge is 0.0282 e. The van der Waals surface area contributed by atoms with Crippen LogP contribution in [0.5, 0.6) is 0 Å². The second-order valence-electron chi connectivity index (χ2n) is 3.72. The molecule has 0 saturated carbocycles. The molecule has 0 nitrogen and oxygen atoms in total. The first kappa shape index (κ1) is 8.58. The highest BCUT2D eigenvalue weighted by Gasteiger charge is 2.00. The van der Waals surface area contributed by atoms with E-state index in [1.807, 2.05) is 0 Å². The highest BCUT2D eigenvalue weighted by Crippen LogP contribution is 2.19. The Balaban J connectivity index is 2.25. The van der Waals surface area contributed by atoms with E-state index >= 15 is 0 Å². The number of hydrogen-bond donors (Lipinski definition) is 0. The third-order valence-corrected chi connectivity index (χ3v) is 2.14. The van der Waals surface area contributed by atoms with Gasteiger partial charge in [0.05, 0.1) is 0 Å². The second-order valence-corrected chi connectivity index (χ2v) is 3.72. The Kier molecular flexibility index (Phi) is 3.41. The first-order valence-corrected chi connectivity index (χ1v) is 4.63. The van der Waals surface area contributed by atoms with Crippen LogP contribution in [0.25, 0.3) is 0 Å². The van der Waals surface area contributed by atoms with E-state index in [0.29, 0.717) is 0 Å². The van der Waals surface area contributed by atoms with Crippen LogP contribution in [0.3, 0.4) is 0 Å². The zero-order chi connectivity index (χ0) is 8.10. The number of rotatable bonds is 3. The van der Waals surface area contributed by atoms with E-state index in [2.05, 4.69) is 32.1 Å². The highest BCUT2D eigenvalue weighted by atomic mass is 14.1. The molecule has 0 aromatic heterocycles. The molecular weight excluding hydrogens is 132 g/mol. The molecule has 0 atom stereocenters. The standard InChI is InChI=1S/C11H18/c1-10(2)8-9-11-6-4-3-5-7-11/h3-4,6,10H,5,7-9H2,1-2H3. The van der Waals surface area contributed by atoms with E-state index in [0.717, 1.165) is 5.92 Å². The SMILES string of the molecule is CC(C)CCC1=CC=CCC1. The second kappa shape index (κ2) is 4.38. The Morgan fingerprint density at radius 3 is 2.82 bits per heavy atom. The van der Waals surface area contributed by atoms with Gasteiger partial charge in [0.2, 0.25) is 0 Å². The van der Waals surface area contributed by atoms with Crippen molar-refractivity contribution in [3.8, 4) is 0 Å². The number of hydrogen-bond acceptors (Lipinski definition) is 0. The summed E-state index contributed by atoms with van der Waals surface area (Å²) >= 11 is 0. The van der Waals surface area contributed by atoms with Crippen molar-refractivity contribution in [1.82, 2.24) is 0 Å². The summed E-state index contributed by atoms with van der Waals surface area (Å²) in [5, 5.41) is 0. The van der Waals surface area contributed by atoms with Crippen LogP contribution in [0, 0.1) is 5.92 Å². The van der Waals surface area contributed by atoms with Gasteiger partial charge in [0.25, 0.3) is 0 Å². The molecule has 0 fully saturated rings. The van der Waals surface area contributed by atoms with Crippen molar-refractivity contribution in [2.24, 2.45) is 5.92 Å². The van der Waals surface area contributed by atoms with Crippen LogP contribution >= 0.6 is 0 Å². The van der Waals surface area contributed by atoms with E-state index < -0.39 is 0 Å². The predicted octanol–water partition coefficient (Wildman–Crippen LogP) is 3.70. The minimum Gasteiger partial charge on any atom is -0.0842 e. The van der Waals surface area contributed by atoms with Gasteiger partial charge in [-0.15, -0.1) is 0 Å². The molecule has 0 unspecified atom stereocenters. The van der Waals surface area contributed by atoms with Crippen LogP contribution < -0.4 is 0 Å². The third kappa shape index (κ3) is 3.41. The van der Waals surface area contributed by atoms with Crippen LogP contribution in [0.4, 0.5) is 0 Å². The van der Waals surface area contributed by atoms with Gasteiger partial charge in [-0.05, 0) is 31.6 Å². The summed E-state index contributed by atoms with van der Waals surface area (Å²) in [6.07, 6.45) is 11.9. The van der Waals surface area contributed by atoms with E-state index in [1.54, 1.807) is 5.57 Å². The molecule has 0 spiro atoms. The molecule has 0 bridgehead atoms. The minimum absolute atomic E-state index is 0.849. The van der Waals surface area contributed by atoms with Gasteiger partial charge in [0.1, 0.15) is 0 Å². The highest BCUT2D eigenvalue weighted by molar-refractivity contribution is 5.17. The fourth-order valence-corrected chi connectivity index (χ4v) is 1.33. The molecule has 0 saturated heterocycles. The lowest BCUT2D eigenvalue weighted by Crippen LogP contribution is -1.92. The molecule has 0 N–H and O–H groups in total. The normalized spacial score (nSPS) is 17.2. The van der Waals surface area contributed by atoms with Gasteiger partial charge in [-0.2, -0.15) is 0 Å². The van der Waals surface area contributed by atoms with Crippen LogP contribution in [0.1, 0.15) is 39.5 Å². The van der Waals surface area contributed by atoms with Gasteiger partial charge >= 0.3 is 0 Å². The Hall–Kier alpha value is -0.520.